The first kappa shape index (κ1) is 32.3. The Morgan fingerprint density at radius 1 is 0.880 bits per heavy atom. The van der Waals surface area contributed by atoms with Crippen LogP contribution in [0.3, 0.4) is 0 Å². The number of hydrogen-bond acceptors (Lipinski definition) is 9. The molecule has 1 aliphatic heterocycles. The minimum absolute atomic E-state index is 0.0525. The van der Waals surface area contributed by atoms with Crippen molar-refractivity contribution < 1.29 is 38.0 Å². The van der Waals surface area contributed by atoms with E-state index in [4.69, 9.17) is 9.15 Å². The van der Waals surface area contributed by atoms with E-state index in [1.54, 1.807) is 24.3 Å². The van der Waals surface area contributed by atoms with Crippen LogP contribution in [0, 0.1) is 11.6 Å². The number of fused-ring (bicyclic) bond motifs is 2. The highest BCUT2D eigenvalue weighted by Crippen LogP contribution is 2.41. The highest BCUT2D eigenvalue weighted by Gasteiger charge is 2.24. The SMILES string of the molecule is O=C(O)c1cn(-c2ccc(F)cc2)c2cc(N3CCN(CCOc4cc5oc(-c6ccccc6)cc(=O)c5c(O)c4O)CC3)c(F)cc2c1=O. The molecule has 3 heterocycles. The van der Waals surface area contributed by atoms with E-state index in [-0.39, 0.29) is 39.9 Å². The summed E-state index contributed by atoms with van der Waals surface area (Å²) in [6.07, 6.45) is 1.16. The maximum Gasteiger partial charge on any atom is 0.341 e. The monoisotopic (exact) mass is 681 g/mol. The quantitative estimate of drug-likeness (QED) is 0.180. The number of aromatic nitrogens is 1. The van der Waals surface area contributed by atoms with Gasteiger partial charge in [-0.2, -0.15) is 0 Å². The van der Waals surface area contributed by atoms with Crippen LogP contribution in [0.1, 0.15) is 10.4 Å². The van der Waals surface area contributed by atoms with E-state index >= 15 is 4.39 Å². The fraction of sp³-hybridized carbons (Fsp3) is 0.162. The van der Waals surface area contributed by atoms with Crippen molar-refractivity contribution in [3.63, 3.8) is 0 Å². The average Bonchev–Trinajstić information content (AvgIpc) is 3.11. The summed E-state index contributed by atoms with van der Waals surface area (Å²) in [5.74, 6) is -3.63. The van der Waals surface area contributed by atoms with Crippen molar-refractivity contribution in [2.75, 3.05) is 44.2 Å². The van der Waals surface area contributed by atoms with Crippen molar-refractivity contribution in [2.24, 2.45) is 0 Å². The van der Waals surface area contributed by atoms with Gasteiger partial charge < -0.3 is 33.9 Å². The zero-order chi connectivity index (χ0) is 35.1. The standard InChI is InChI=1S/C37H29F2N3O8/c38-22-6-8-23(9-7-22)42-20-25(37(47)48)34(44)24-16-26(39)28(17-27(24)42)41-12-10-40(11-13-41)14-15-49-32-19-31-33(36(46)35(32)45)29(43)18-30(50-31)21-4-2-1-3-5-21/h1-9,16-20,45-46H,10-15H2,(H,47,48). The summed E-state index contributed by atoms with van der Waals surface area (Å²) in [6, 6.07) is 19.4. The number of piperazine rings is 1. The molecule has 0 radical (unpaired) electrons. The molecule has 0 spiro atoms. The number of ether oxygens (including phenoxy) is 1. The van der Waals surface area contributed by atoms with E-state index in [2.05, 4.69) is 4.90 Å². The predicted octanol–water partition coefficient (Wildman–Crippen LogP) is 5.35. The number of rotatable bonds is 8. The van der Waals surface area contributed by atoms with E-state index in [0.29, 0.717) is 49.7 Å². The number of pyridine rings is 1. The Morgan fingerprint density at radius 2 is 1.60 bits per heavy atom. The average molecular weight is 682 g/mol. The van der Waals surface area contributed by atoms with Gasteiger partial charge in [-0.25, -0.2) is 13.6 Å². The second-order valence-corrected chi connectivity index (χ2v) is 11.8. The second kappa shape index (κ2) is 13.0. The molecule has 0 unspecified atom stereocenters. The molecule has 0 saturated carbocycles. The van der Waals surface area contributed by atoms with Gasteiger partial charge in [0, 0.05) is 67.7 Å². The topological polar surface area (TPSA) is 146 Å². The highest BCUT2D eigenvalue weighted by molar-refractivity contribution is 5.94. The van der Waals surface area contributed by atoms with Gasteiger partial charge in [0.05, 0.1) is 11.2 Å². The Hall–Kier alpha value is -6.21. The fourth-order valence-corrected chi connectivity index (χ4v) is 6.17. The molecule has 4 aromatic carbocycles. The van der Waals surface area contributed by atoms with E-state index < -0.39 is 45.5 Å². The molecule has 7 rings (SSSR count). The Labute approximate surface area is 282 Å². The Balaban J connectivity index is 1.07. The first-order chi connectivity index (χ1) is 24.1. The molecule has 2 aromatic heterocycles. The molecule has 1 saturated heterocycles. The molecule has 11 nitrogen and oxygen atoms in total. The summed E-state index contributed by atoms with van der Waals surface area (Å²) in [4.78, 5) is 41.5. The van der Waals surface area contributed by atoms with E-state index in [9.17, 15) is 34.1 Å². The maximum atomic E-state index is 15.5. The summed E-state index contributed by atoms with van der Waals surface area (Å²) in [5.41, 5.74) is -0.289. The normalized spacial score (nSPS) is 13.6. The lowest BCUT2D eigenvalue weighted by Crippen LogP contribution is -2.47. The third-order valence-electron chi connectivity index (χ3n) is 8.78. The van der Waals surface area contributed by atoms with Gasteiger partial charge in [-0.05, 0) is 36.4 Å². The third kappa shape index (κ3) is 5.98. The molecule has 1 fully saturated rings. The number of benzene rings is 4. The number of phenolic OH excluding ortho intramolecular Hbond substituents is 2. The number of phenols is 2. The van der Waals surface area contributed by atoms with E-state index in [1.165, 1.54) is 47.0 Å². The van der Waals surface area contributed by atoms with Gasteiger partial charge in [-0.15, -0.1) is 0 Å². The zero-order valence-electron chi connectivity index (χ0n) is 26.3. The van der Waals surface area contributed by atoms with E-state index in [1.807, 2.05) is 11.0 Å². The Morgan fingerprint density at radius 3 is 2.30 bits per heavy atom. The molecule has 50 heavy (non-hydrogen) atoms. The molecule has 13 heteroatoms. The van der Waals surface area contributed by atoms with Gasteiger partial charge in [-0.1, -0.05) is 30.3 Å². The molecule has 0 aliphatic carbocycles. The van der Waals surface area contributed by atoms with Crippen LogP contribution in [-0.4, -0.2) is 70.1 Å². The number of carbonyl (C=O) groups is 1. The van der Waals surface area contributed by atoms with Crippen LogP contribution < -0.4 is 20.5 Å². The van der Waals surface area contributed by atoms with Crippen molar-refractivity contribution in [1.29, 1.82) is 0 Å². The lowest BCUT2D eigenvalue weighted by molar-refractivity contribution is 0.0695. The minimum atomic E-state index is -1.46. The van der Waals surface area contributed by atoms with Gasteiger partial charge >= 0.3 is 5.97 Å². The number of halogens is 2. The van der Waals surface area contributed by atoms with Crippen molar-refractivity contribution in [2.45, 2.75) is 0 Å². The second-order valence-electron chi connectivity index (χ2n) is 11.8. The van der Waals surface area contributed by atoms with Crippen LogP contribution >= 0.6 is 0 Å². The highest BCUT2D eigenvalue weighted by atomic mass is 19.1. The molecule has 254 valence electrons. The number of nitrogens with zero attached hydrogens (tertiary/aromatic N) is 3. The predicted molar refractivity (Wildman–Crippen MR) is 182 cm³/mol. The summed E-state index contributed by atoms with van der Waals surface area (Å²) in [6.45, 7) is 2.36. The first-order valence-corrected chi connectivity index (χ1v) is 15.7. The molecule has 0 atom stereocenters. The van der Waals surface area contributed by atoms with Crippen molar-refractivity contribution >= 4 is 33.5 Å². The molecular weight excluding hydrogens is 652 g/mol. The molecular formula is C37H29F2N3O8. The van der Waals surface area contributed by atoms with Gasteiger partial charge in [-0.3, -0.25) is 14.5 Å². The minimum Gasteiger partial charge on any atom is -0.504 e. The van der Waals surface area contributed by atoms with E-state index in [0.717, 1.165) is 12.3 Å². The van der Waals surface area contributed by atoms with Crippen LogP contribution in [0.15, 0.2) is 99.1 Å². The molecule has 6 aromatic rings. The molecule has 0 amide bonds. The summed E-state index contributed by atoms with van der Waals surface area (Å²) >= 11 is 0. The third-order valence-corrected chi connectivity index (χ3v) is 8.78. The molecule has 0 bridgehead atoms. The lowest BCUT2D eigenvalue weighted by atomic mass is 10.1. The first-order valence-electron chi connectivity index (χ1n) is 15.7. The molecule has 1 aliphatic rings. The van der Waals surface area contributed by atoms with Crippen LogP contribution in [0.25, 0.3) is 38.9 Å². The number of carboxylic acid groups (broad SMARTS) is 1. The Bertz CT molecular complexity index is 2390. The van der Waals surface area contributed by atoms with Gasteiger partial charge in [0.1, 0.15) is 40.5 Å². The van der Waals surface area contributed by atoms with Crippen molar-refractivity contribution in [1.82, 2.24) is 9.47 Å². The zero-order valence-corrected chi connectivity index (χ0v) is 26.3. The van der Waals surface area contributed by atoms with Crippen LogP contribution in [0.4, 0.5) is 14.5 Å². The summed E-state index contributed by atoms with van der Waals surface area (Å²) < 4.78 is 42.3. The van der Waals surface area contributed by atoms with Crippen LogP contribution in [0.5, 0.6) is 17.2 Å². The van der Waals surface area contributed by atoms with Crippen LogP contribution in [-0.2, 0) is 0 Å². The van der Waals surface area contributed by atoms with Gasteiger partial charge in [0.25, 0.3) is 0 Å². The smallest absolute Gasteiger partial charge is 0.341 e. The Kier molecular flexibility index (Phi) is 8.42. The lowest BCUT2D eigenvalue weighted by Gasteiger charge is -2.36. The van der Waals surface area contributed by atoms with Crippen LogP contribution in [0.2, 0.25) is 0 Å². The maximum absolute atomic E-state index is 15.5. The number of anilines is 1. The largest absolute Gasteiger partial charge is 0.504 e. The number of aromatic carboxylic acids is 1. The summed E-state index contributed by atoms with van der Waals surface area (Å²) in [7, 11) is 0. The molecule has 3 N–H and O–H groups in total. The van der Waals surface area contributed by atoms with Gasteiger partial charge in [0.2, 0.25) is 11.2 Å². The van der Waals surface area contributed by atoms with Crippen molar-refractivity contribution in [3.05, 3.63) is 123 Å². The summed E-state index contributed by atoms with van der Waals surface area (Å²) in [5, 5.41) is 30.5. The number of hydrogen-bond donors (Lipinski definition) is 3. The number of carboxylic acids is 1. The number of aromatic hydroxyl groups is 2. The van der Waals surface area contributed by atoms with Crippen molar-refractivity contribution in [3.8, 4) is 34.3 Å². The van der Waals surface area contributed by atoms with Gasteiger partial charge in [0.15, 0.2) is 16.9 Å². The fourth-order valence-electron chi connectivity index (χ4n) is 6.17.